The topological polar surface area (TPSA) is 29.9 Å². The van der Waals surface area contributed by atoms with Gasteiger partial charge in [-0.05, 0) is 66.6 Å². The Morgan fingerprint density at radius 1 is 1.29 bits per heavy atom. The van der Waals surface area contributed by atoms with E-state index in [1.807, 2.05) is 6.92 Å². The van der Waals surface area contributed by atoms with Gasteiger partial charge in [0.05, 0.1) is 5.69 Å². The Kier molecular flexibility index (Phi) is 2.82. The van der Waals surface area contributed by atoms with Gasteiger partial charge in [-0.15, -0.1) is 0 Å². The Hall–Kier alpha value is -1.04. The van der Waals surface area contributed by atoms with E-state index in [9.17, 15) is 0 Å². The van der Waals surface area contributed by atoms with E-state index in [1.54, 1.807) is 0 Å². The van der Waals surface area contributed by atoms with Gasteiger partial charge in [-0.2, -0.15) is 0 Å². The lowest BCUT2D eigenvalue weighted by atomic mass is 10.3. The molecular formula is C13H14IN3. The maximum Gasteiger partial charge on any atom is 0.207 e. The third-order valence-corrected chi connectivity index (χ3v) is 3.61. The lowest BCUT2D eigenvalue weighted by Gasteiger charge is -2.08. The molecule has 0 aliphatic heterocycles. The van der Waals surface area contributed by atoms with Gasteiger partial charge in [0.15, 0.2) is 0 Å². The largest absolute Gasteiger partial charge is 0.326 e. The summed E-state index contributed by atoms with van der Waals surface area (Å²) in [6.45, 7) is 2.04. The molecule has 1 fully saturated rings. The number of hydrogen-bond acceptors (Lipinski definition) is 2. The van der Waals surface area contributed by atoms with Crippen LogP contribution in [0.5, 0.6) is 0 Å². The van der Waals surface area contributed by atoms with Crippen molar-refractivity contribution in [2.24, 2.45) is 0 Å². The first kappa shape index (κ1) is 11.1. The number of halogens is 1. The van der Waals surface area contributed by atoms with Crippen LogP contribution in [0.15, 0.2) is 30.5 Å². The molecule has 0 amide bonds. The number of benzene rings is 1. The van der Waals surface area contributed by atoms with Gasteiger partial charge in [-0.3, -0.25) is 0 Å². The standard InChI is InChI=1S/C13H14IN3/c1-9-8-17(12-6-7-12)13(15-9)16-11-4-2-10(14)3-5-11/h2-5,8,12H,6-7H2,1H3,(H,15,16). The molecule has 1 N–H and O–H groups in total. The van der Waals surface area contributed by atoms with Crippen LogP contribution in [0.1, 0.15) is 24.6 Å². The molecule has 1 aromatic heterocycles. The predicted molar refractivity (Wildman–Crippen MR) is 77.7 cm³/mol. The Morgan fingerprint density at radius 2 is 2.00 bits per heavy atom. The minimum Gasteiger partial charge on any atom is -0.326 e. The summed E-state index contributed by atoms with van der Waals surface area (Å²) < 4.78 is 3.50. The first-order valence-electron chi connectivity index (χ1n) is 5.80. The minimum atomic E-state index is 0.655. The van der Waals surface area contributed by atoms with Crippen LogP contribution >= 0.6 is 22.6 Å². The number of rotatable bonds is 3. The second kappa shape index (κ2) is 4.33. The van der Waals surface area contributed by atoms with Crippen LogP contribution in [0.2, 0.25) is 0 Å². The van der Waals surface area contributed by atoms with E-state index in [2.05, 4.69) is 67.9 Å². The summed E-state index contributed by atoms with van der Waals surface area (Å²) in [5, 5.41) is 3.39. The molecule has 2 aromatic rings. The molecule has 0 atom stereocenters. The molecule has 1 aromatic carbocycles. The molecule has 3 nitrogen and oxygen atoms in total. The van der Waals surface area contributed by atoms with Crippen molar-refractivity contribution >= 4 is 34.2 Å². The normalized spacial score (nSPS) is 14.9. The molecule has 1 aliphatic rings. The summed E-state index contributed by atoms with van der Waals surface area (Å²) >= 11 is 2.31. The van der Waals surface area contributed by atoms with E-state index in [0.717, 1.165) is 17.3 Å². The van der Waals surface area contributed by atoms with Gasteiger partial charge in [0.2, 0.25) is 5.95 Å². The van der Waals surface area contributed by atoms with Gasteiger partial charge >= 0.3 is 0 Å². The zero-order valence-corrected chi connectivity index (χ0v) is 11.8. The maximum absolute atomic E-state index is 4.54. The highest BCUT2D eigenvalue weighted by Gasteiger charge is 2.26. The third-order valence-electron chi connectivity index (χ3n) is 2.89. The fraction of sp³-hybridized carbons (Fsp3) is 0.308. The molecule has 17 heavy (non-hydrogen) atoms. The molecule has 0 spiro atoms. The summed E-state index contributed by atoms with van der Waals surface area (Å²) in [7, 11) is 0. The van der Waals surface area contributed by atoms with Crippen molar-refractivity contribution in [3.05, 3.63) is 39.7 Å². The van der Waals surface area contributed by atoms with Gasteiger partial charge in [0.1, 0.15) is 0 Å². The van der Waals surface area contributed by atoms with Crippen LogP contribution in [0.25, 0.3) is 0 Å². The van der Waals surface area contributed by atoms with E-state index in [1.165, 1.54) is 16.4 Å². The van der Waals surface area contributed by atoms with Crippen molar-refractivity contribution < 1.29 is 0 Å². The zero-order valence-electron chi connectivity index (χ0n) is 9.65. The minimum absolute atomic E-state index is 0.655. The van der Waals surface area contributed by atoms with Crippen molar-refractivity contribution in [3.63, 3.8) is 0 Å². The molecule has 1 heterocycles. The first-order valence-corrected chi connectivity index (χ1v) is 6.88. The monoisotopic (exact) mass is 339 g/mol. The molecular weight excluding hydrogens is 325 g/mol. The third kappa shape index (κ3) is 2.46. The van der Waals surface area contributed by atoms with Crippen LogP contribution < -0.4 is 5.32 Å². The van der Waals surface area contributed by atoms with Gasteiger partial charge < -0.3 is 9.88 Å². The zero-order chi connectivity index (χ0) is 11.8. The highest BCUT2D eigenvalue weighted by Crippen LogP contribution is 2.37. The van der Waals surface area contributed by atoms with Gasteiger partial charge in [-0.25, -0.2) is 4.98 Å². The summed E-state index contributed by atoms with van der Waals surface area (Å²) in [4.78, 5) is 4.54. The second-order valence-electron chi connectivity index (χ2n) is 4.48. The Labute approximate surface area is 114 Å². The van der Waals surface area contributed by atoms with Crippen molar-refractivity contribution in [2.75, 3.05) is 5.32 Å². The average Bonchev–Trinajstić information content (AvgIpc) is 3.07. The fourth-order valence-corrected chi connectivity index (χ4v) is 2.26. The average molecular weight is 339 g/mol. The second-order valence-corrected chi connectivity index (χ2v) is 5.72. The molecule has 3 rings (SSSR count). The van der Waals surface area contributed by atoms with Gasteiger partial charge in [-0.1, -0.05) is 0 Å². The number of imidazole rings is 1. The number of nitrogens with zero attached hydrogens (tertiary/aromatic N) is 2. The molecule has 4 heteroatoms. The first-order chi connectivity index (χ1) is 8.22. The number of nitrogens with one attached hydrogen (secondary N) is 1. The number of aromatic nitrogens is 2. The predicted octanol–water partition coefficient (Wildman–Crippen LogP) is 3.87. The summed E-state index contributed by atoms with van der Waals surface area (Å²) in [5.74, 6) is 0.964. The Balaban J connectivity index is 1.86. The number of aryl methyl sites for hydroxylation is 1. The maximum atomic E-state index is 4.54. The number of anilines is 2. The van der Waals surface area contributed by atoms with E-state index >= 15 is 0 Å². The lowest BCUT2D eigenvalue weighted by Crippen LogP contribution is -2.01. The van der Waals surface area contributed by atoms with Crippen molar-refractivity contribution in [2.45, 2.75) is 25.8 Å². The lowest BCUT2D eigenvalue weighted by molar-refractivity contribution is 0.750. The van der Waals surface area contributed by atoms with Crippen LogP contribution in [0.4, 0.5) is 11.6 Å². The Morgan fingerprint density at radius 3 is 2.65 bits per heavy atom. The molecule has 0 saturated heterocycles. The smallest absolute Gasteiger partial charge is 0.207 e. The van der Waals surface area contributed by atoms with Crippen LogP contribution in [0, 0.1) is 10.5 Å². The van der Waals surface area contributed by atoms with Crippen molar-refractivity contribution in [1.82, 2.24) is 9.55 Å². The summed E-state index contributed by atoms with van der Waals surface area (Å²) in [6.07, 6.45) is 4.68. The van der Waals surface area contributed by atoms with Gasteiger partial charge in [0.25, 0.3) is 0 Å². The molecule has 0 unspecified atom stereocenters. The van der Waals surface area contributed by atoms with Crippen molar-refractivity contribution in [3.8, 4) is 0 Å². The highest BCUT2D eigenvalue weighted by atomic mass is 127. The summed E-state index contributed by atoms with van der Waals surface area (Å²) in [5.41, 5.74) is 2.17. The quantitative estimate of drug-likeness (QED) is 0.861. The molecule has 0 bridgehead atoms. The number of hydrogen-bond donors (Lipinski definition) is 1. The highest BCUT2D eigenvalue weighted by molar-refractivity contribution is 14.1. The van der Waals surface area contributed by atoms with E-state index in [-0.39, 0.29) is 0 Å². The SMILES string of the molecule is Cc1cn(C2CC2)c(Nc2ccc(I)cc2)n1. The van der Waals surface area contributed by atoms with Crippen LogP contribution in [0.3, 0.4) is 0 Å². The fourth-order valence-electron chi connectivity index (χ4n) is 1.90. The summed E-state index contributed by atoms with van der Waals surface area (Å²) in [6, 6.07) is 9.02. The van der Waals surface area contributed by atoms with Crippen LogP contribution in [-0.4, -0.2) is 9.55 Å². The molecule has 1 saturated carbocycles. The van der Waals surface area contributed by atoms with Gasteiger partial charge in [0, 0.05) is 21.5 Å². The van der Waals surface area contributed by atoms with Crippen molar-refractivity contribution in [1.29, 1.82) is 0 Å². The van der Waals surface area contributed by atoms with E-state index in [4.69, 9.17) is 0 Å². The van der Waals surface area contributed by atoms with E-state index in [0.29, 0.717) is 6.04 Å². The molecule has 88 valence electrons. The van der Waals surface area contributed by atoms with E-state index < -0.39 is 0 Å². The molecule has 0 radical (unpaired) electrons. The molecule has 1 aliphatic carbocycles. The van der Waals surface area contributed by atoms with Crippen LogP contribution in [-0.2, 0) is 0 Å². The Bertz CT molecular complexity index is 526.